The number of hydrogen-bond donors (Lipinski definition) is 2. The van der Waals surface area contributed by atoms with E-state index in [9.17, 15) is 9.59 Å². The minimum atomic E-state index is -0.222. The SMILES string of the molecule is CCC(=O)c1cnc(NCCC(=O)c2oc(N)nc2C)o1. The molecule has 0 saturated heterocycles. The summed E-state index contributed by atoms with van der Waals surface area (Å²) in [4.78, 5) is 31.0. The van der Waals surface area contributed by atoms with Crippen LogP contribution in [0.1, 0.15) is 46.6 Å². The lowest BCUT2D eigenvalue weighted by molar-refractivity contribution is 0.0951. The smallest absolute Gasteiger partial charge is 0.295 e. The molecule has 0 aliphatic heterocycles. The third kappa shape index (κ3) is 3.47. The van der Waals surface area contributed by atoms with E-state index in [0.717, 1.165) is 0 Å². The first-order chi connectivity index (χ1) is 10.0. The van der Waals surface area contributed by atoms with E-state index in [-0.39, 0.29) is 41.5 Å². The second-order valence-corrected chi connectivity index (χ2v) is 4.37. The van der Waals surface area contributed by atoms with Gasteiger partial charge in [-0.05, 0) is 6.92 Å². The molecule has 0 spiro atoms. The van der Waals surface area contributed by atoms with Crippen molar-refractivity contribution in [1.29, 1.82) is 0 Å². The number of aromatic nitrogens is 2. The molecule has 3 N–H and O–H groups in total. The highest BCUT2D eigenvalue weighted by Gasteiger charge is 2.16. The lowest BCUT2D eigenvalue weighted by Crippen LogP contribution is -2.09. The van der Waals surface area contributed by atoms with E-state index in [0.29, 0.717) is 18.7 Å². The first kappa shape index (κ1) is 14.8. The van der Waals surface area contributed by atoms with E-state index in [1.165, 1.54) is 6.20 Å². The van der Waals surface area contributed by atoms with Crippen LogP contribution in [0.3, 0.4) is 0 Å². The quantitative estimate of drug-likeness (QED) is 0.740. The summed E-state index contributed by atoms with van der Waals surface area (Å²) in [7, 11) is 0. The Morgan fingerprint density at radius 2 is 2.10 bits per heavy atom. The number of nitrogens with one attached hydrogen (secondary N) is 1. The maximum absolute atomic E-state index is 11.9. The third-order valence-corrected chi connectivity index (χ3v) is 2.80. The monoisotopic (exact) mass is 292 g/mol. The predicted molar refractivity (Wildman–Crippen MR) is 74.2 cm³/mol. The predicted octanol–water partition coefficient (Wildman–Crippen LogP) is 1.83. The topological polar surface area (TPSA) is 124 Å². The van der Waals surface area contributed by atoms with Crippen molar-refractivity contribution in [3.8, 4) is 0 Å². The highest BCUT2D eigenvalue weighted by molar-refractivity contribution is 5.95. The van der Waals surface area contributed by atoms with Gasteiger partial charge >= 0.3 is 0 Å². The van der Waals surface area contributed by atoms with Crippen LogP contribution in [-0.4, -0.2) is 28.1 Å². The minimum Gasteiger partial charge on any atom is -0.420 e. The Morgan fingerprint density at radius 1 is 1.33 bits per heavy atom. The molecule has 112 valence electrons. The fourth-order valence-corrected chi connectivity index (χ4v) is 1.73. The first-order valence-corrected chi connectivity index (χ1v) is 6.50. The van der Waals surface area contributed by atoms with Gasteiger partial charge in [0.15, 0.2) is 17.3 Å². The van der Waals surface area contributed by atoms with Crippen LogP contribution >= 0.6 is 0 Å². The van der Waals surface area contributed by atoms with E-state index in [4.69, 9.17) is 14.6 Å². The number of carbonyl (C=O) groups is 2. The molecule has 0 atom stereocenters. The Labute approximate surface area is 120 Å². The fourth-order valence-electron chi connectivity index (χ4n) is 1.73. The molecule has 2 rings (SSSR count). The lowest BCUT2D eigenvalue weighted by atomic mass is 10.2. The number of carbonyl (C=O) groups excluding carboxylic acids is 2. The van der Waals surface area contributed by atoms with Crippen molar-refractivity contribution in [2.24, 2.45) is 0 Å². The summed E-state index contributed by atoms with van der Waals surface area (Å²) >= 11 is 0. The number of oxazole rings is 2. The summed E-state index contributed by atoms with van der Waals surface area (Å²) in [5.74, 6) is 0.00809. The summed E-state index contributed by atoms with van der Waals surface area (Å²) in [6.07, 6.45) is 1.87. The Morgan fingerprint density at radius 3 is 2.71 bits per heavy atom. The number of rotatable bonds is 7. The van der Waals surface area contributed by atoms with Gasteiger partial charge in [0.2, 0.25) is 5.78 Å². The maximum Gasteiger partial charge on any atom is 0.295 e. The van der Waals surface area contributed by atoms with Crippen molar-refractivity contribution in [1.82, 2.24) is 9.97 Å². The van der Waals surface area contributed by atoms with Gasteiger partial charge < -0.3 is 19.9 Å². The average molecular weight is 292 g/mol. The summed E-state index contributed by atoms with van der Waals surface area (Å²) in [5.41, 5.74) is 5.84. The molecule has 2 aromatic heterocycles. The number of nitrogen functional groups attached to an aromatic ring is 1. The van der Waals surface area contributed by atoms with Gasteiger partial charge in [-0.2, -0.15) is 4.98 Å². The summed E-state index contributed by atoms with van der Waals surface area (Å²) in [6, 6.07) is 0.174. The molecule has 0 aliphatic carbocycles. The van der Waals surface area contributed by atoms with E-state index in [1.54, 1.807) is 13.8 Å². The Balaban J connectivity index is 1.87. The van der Waals surface area contributed by atoms with Crippen molar-refractivity contribution in [3.05, 3.63) is 23.4 Å². The molecule has 0 bridgehead atoms. The second kappa shape index (κ2) is 6.21. The largest absolute Gasteiger partial charge is 0.420 e. The third-order valence-electron chi connectivity index (χ3n) is 2.80. The minimum absolute atomic E-state index is 0.0285. The molecule has 0 radical (unpaired) electrons. The van der Waals surface area contributed by atoms with E-state index in [2.05, 4.69) is 15.3 Å². The molecular weight excluding hydrogens is 276 g/mol. The van der Waals surface area contributed by atoms with Crippen LogP contribution in [0.5, 0.6) is 0 Å². The number of anilines is 2. The van der Waals surface area contributed by atoms with Crippen LogP contribution in [0, 0.1) is 6.92 Å². The summed E-state index contributed by atoms with van der Waals surface area (Å²) < 4.78 is 10.2. The normalized spacial score (nSPS) is 10.6. The Kier molecular flexibility index (Phi) is 4.36. The Bertz CT molecular complexity index is 659. The molecule has 8 nitrogen and oxygen atoms in total. The zero-order valence-corrected chi connectivity index (χ0v) is 11.8. The van der Waals surface area contributed by atoms with Crippen molar-refractivity contribution < 1.29 is 18.4 Å². The van der Waals surface area contributed by atoms with Gasteiger partial charge in [-0.3, -0.25) is 9.59 Å². The number of hydrogen-bond acceptors (Lipinski definition) is 8. The maximum atomic E-state index is 11.9. The zero-order valence-electron chi connectivity index (χ0n) is 11.8. The Hall–Kier alpha value is -2.64. The van der Waals surface area contributed by atoms with E-state index in [1.807, 2.05) is 0 Å². The van der Waals surface area contributed by atoms with Gasteiger partial charge in [0.05, 0.1) is 11.9 Å². The molecule has 2 heterocycles. The lowest BCUT2D eigenvalue weighted by Gasteiger charge is -2.00. The molecule has 0 amide bonds. The van der Waals surface area contributed by atoms with E-state index >= 15 is 0 Å². The van der Waals surface area contributed by atoms with E-state index < -0.39 is 0 Å². The van der Waals surface area contributed by atoms with Gasteiger partial charge in [0.1, 0.15) is 0 Å². The molecule has 0 aliphatic rings. The standard InChI is InChI=1S/C13H16N4O4/c1-3-8(18)10-6-16-13(20-10)15-5-4-9(19)11-7(2)17-12(14)21-11/h6H,3-5H2,1-2H3,(H2,14,17)(H,15,16). The number of Topliss-reactive ketones (excluding diaryl/α,β-unsaturated/α-hetero) is 2. The number of ketones is 2. The average Bonchev–Trinajstić information content (AvgIpc) is 3.04. The zero-order chi connectivity index (χ0) is 15.4. The van der Waals surface area contributed by atoms with Crippen LogP contribution in [0.25, 0.3) is 0 Å². The van der Waals surface area contributed by atoms with Crippen LogP contribution < -0.4 is 11.1 Å². The highest BCUT2D eigenvalue weighted by atomic mass is 16.4. The van der Waals surface area contributed by atoms with Gasteiger partial charge in [0.25, 0.3) is 12.0 Å². The summed E-state index contributed by atoms with van der Waals surface area (Å²) in [6.45, 7) is 3.68. The number of nitrogens with zero attached hydrogens (tertiary/aromatic N) is 2. The van der Waals surface area contributed by atoms with Crippen LogP contribution in [0.4, 0.5) is 12.0 Å². The van der Waals surface area contributed by atoms with Gasteiger partial charge in [0, 0.05) is 19.4 Å². The highest BCUT2D eigenvalue weighted by Crippen LogP contribution is 2.14. The number of nitrogens with two attached hydrogens (primary N) is 1. The molecule has 8 heteroatoms. The molecular formula is C13H16N4O4. The van der Waals surface area contributed by atoms with Gasteiger partial charge in [-0.25, -0.2) is 4.98 Å². The van der Waals surface area contributed by atoms with Crippen molar-refractivity contribution in [2.45, 2.75) is 26.7 Å². The summed E-state index contributed by atoms with van der Waals surface area (Å²) in [5, 5.41) is 2.83. The van der Waals surface area contributed by atoms with Crippen LogP contribution in [0.15, 0.2) is 15.0 Å². The molecule has 0 saturated carbocycles. The van der Waals surface area contributed by atoms with Crippen molar-refractivity contribution >= 4 is 23.6 Å². The molecule has 0 aromatic carbocycles. The first-order valence-electron chi connectivity index (χ1n) is 6.50. The molecule has 0 unspecified atom stereocenters. The van der Waals surface area contributed by atoms with Crippen LogP contribution in [0.2, 0.25) is 0 Å². The molecule has 21 heavy (non-hydrogen) atoms. The molecule has 2 aromatic rings. The van der Waals surface area contributed by atoms with Crippen LogP contribution in [-0.2, 0) is 0 Å². The number of aryl methyl sites for hydroxylation is 1. The van der Waals surface area contributed by atoms with Crippen molar-refractivity contribution in [3.63, 3.8) is 0 Å². The molecule has 0 fully saturated rings. The van der Waals surface area contributed by atoms with Gasteiger partial charge in [-0.15, -0.1) is 0 Å². The van der Waals surface area contributed by atoms with Crippen molar-refractivity contribution in [2.75, 3.05) is 17.6 Å². The fraction of sp³-hybridized carbons (Fsp3) is 0.385. The second-order valence-electron chi connectivity index (χ2n) is 4.37. The van der Waals surface area contributed by atoms with Gasteiger partial charge in [-0.1, -0.05) is 6.92 Å².